The van der Waals surface area contributed by atoms with E-state index in [0.29, 0.717) is 17.8 Å². The Kier molecular flexibility index (Phi) is 9.83. The predicted octanol–water partition coefficient (Wildman–Crippen LogP) is 14.2. The lowest BCUT2D eigenvalue weighted by Crippen LogP contribution is -2.19. The van der Waals surface area contributed by atoms with Crippen molar-refractivity contribution in [3.63, 3.8) is 0 Å². The molecule has 1 aliphatic heterocycles. The van der Waals surface area contributed by atoms with Crippen molar-refractivity contribution in [3.8, 4) is 0 Å². The van der Waals surface area contributed by atoms with Gasteiger partial charge in [0.1, 0.15) is 0 Å². The van der Waals surface area contributed by atoms with Gasteiger partial charge in [0.05, 0.1) is 17.1 Å². The molecule has 3 aromatic carbocycles. The molecule has 10 rings (SSSR count). The van der Waals surface area contributed by atoms with E-state index in [1.807, 2.05) is 29.7 Å². The van der Waals surface area contributed by atoms with Crippen molar-refractivity contribution >= 4 is 78.0 Å². The number of allylic oxidation sites excluding steroid dienone is 9. The molecule has 3 unspecified atom stereocenters. The summed E-state index contributed by atoms with van der Waals surface area (Å²) < 4.78 is 2.65. The number of hydrogen-bond acceptors (Lipinski definition) is 4. The van der Waals surface area contributed by atoms with Crippen molar-refractivity contribution in [2.45, 2.75) is 65.2 Å². The fourth-order valence-electron chi connectivity index (χ4n) is 10.1. The minimum absolute atomic E-state index is 0.452. The van der Waals surface area contributed by atoms with Gasteiger partial charge in [-0.15, -0.1) is 11.3 Å². The van der Waals surface area contributed by atoms with Gasteiger partial charge in [0.2, 0.25) is 0 Å². The first kappa shape index (κ1) is 36.6. The predicted molar refractivity (Wildman–Crippen MR) is 250 cm³/mol. The molecule has 0 saturated carbocycles. The van der Waals surface area contributed by atoms with E-state index in [0.717, 1.165) is 74.1 Å². The second kappa shape index (κ2) is 15.6. The van der Waals surface area contributed by atoms with E-state index >= 15 is 0 Å². The lowest BCUT2D eigenvalue weighted by Gasteiger charge is -2.29. The maximum absolute atomic E-state index is 5.28. The maximum Gasteiger partial charge on any atom is 0.0917 e. The van der Waals surface area contributed by atoms with Gasteiger partial charge in [0.25, 0.3) is 0 Å². The summed E-state index contributed by atoms with van der Waals surface area (Å²) in [4.78, 5) is 14.8. The van der Waals surface area contributed by atoms with E-state index in [1.165, 1.54) is 75.5 Å². The van der Waals surface area contributed by atoms with Crippen molar-refractivity contribution in [1.29, 1.82) is 0 Å². The van der Waals surface area contributed by atoms with Crippen LogP contribution in [0.25, 0.3) is 60.4 Å². The molecular weight excluding hydrogens is 723 g/mol. The minimum Gasteiger partial charge on any atom is -0.259 e. The van der Waals surface area contributed by atoms with E-state index in [9.17, 15) is 0 Å². The molecule has 3 aliphatic carbocycles. The fourth-order valence-corrected chi connectivity index (χ4v) is 11.3. The van der Waals surface area contributed by atoms with Crippen molar-refractivity contribution in [1.82, 2.24) is 9.97 Å². The zero-order chi connectivity index (χ0) is 39.2. The topological polar surface area (TPSA) is 38.1 Å². The van der Waals surface area contributed by atoms with E-state index in [-0.39, 0.29) is 0 Å². The van der Waals surface area contributed by atoms with Gasteiger partial charge < -0.3 is 0 Å². The number of benzene rings is 3. The molecule has 0 radical (unpaired) electrons. The zero-order valence-electron chi connectivity index (χ0n) is 33.5. The van der Waals surface area contributed by atoms with Crippen LogP contribution in [0.5, 0.6) is 0 Å². The molecule has 286 valence electrons. The van der Waals surface area contributed by atoms with Crippen LogP contribution in [0.1, 0.15) is 89.5 Å². The standard InChI is InChI=1S/C54H49N3S/c1-4-6-15-42-34(3)57-51(48-29-28-47-46-17-9-10-19-49(46)58-54(47)50(42)48)37-23-21-36(22-24-37)38-26-27-44-40(32-38)25-20-35(5-2)43(44)16-8-7-13-39-33-41-14-11-30-55-52(41)53-45(39)18-12-31-56-53/h4,6,8-11,14-17,19-21,23-31,36,38-39H,1,5,7,12-13,18,22,32-33H2,2-3H3/b15-6-,16-8-. The van der Waals surface area contributed by atoms with Gasteiger partial charge in [-0.3, -0.25) is 15.0 Å². The van der Waals surface area contributed by atoms with Crippen molar-refractivity contribution in [2.24, 2.45) is 22.7 Å². The summed E-state index contributed by atoms with van der Waals surface area (Å²) in [5, 5.41) is 5.14. The second-order valence-electron chi connectivity index (χ2n) is 16.3. The Morgan fingerprint density at radius 2 is 1.76 bits per heavy atom. The molecule has 6 aromatic rings. The quantitative estimate of drug-likeness (QED) is 0.137. The summed E-state index contributed by atoms with van der Waals surface area (Å²) in [5.41, 5.74) is 15.4. The van der Waals surface area contributed by atoms with Crippen LogP contribution < -0.4 is 0 Å². The van der Waals surface area contributed by atoms with Crippen LogP contribution in [0.2, 0.25) is 0 Å². The normalized spacial score (nSPS) is 20.0. The second-order valence-corrected chi connectivity index (χ2v) is 17.4. The average Bonchev–Trinajstić information content (AvgIpc) is 3.66. The van der Waals surface area contributed by atoms with Gasteiger partial charge in [0.15, 0.2) is 0 Å². The number of hydrogen-bond donors (Lipinski definition) is 0. The average molecular weight is 772 g/mol. The smallest absolute Gasteiger partial charge is 0.0917 e. The van der Waals surface area contributed by atoms with Crippen LogP contribution in [-0.2, 0) is 19.3 Å². The Balaban J connectivity index is 0.880. The van der Waals surface area contributed by atoms with Gasteiger partial charge in [-0.25, -0.2) is 0 Å². The molecule has 4 aliphatic rings. The molecule has 0 spiro atoms. The molecule has 0 N–H and O–H groups in total. The zero-order valence-corrected chi connectivity index (χ0v) is 34.4. The number of aliphatic imine (C=N–C) groups is 1. The lowest BCUT2D eigenvalue weighted by molar-refractivity contribution is 0.472. The number of aromatic nitrogens is 2. The van der Waals surface area contributed by atoms with E-state index in [1.54, 1.807) is 0 Å². The summed E-state index contributed by atoms with van der Waals surface area (Å²) >= 11 is 1.89. The largest absolute Gasteiger partial charge is 0.259 e. The van der Waals surface area contributed by atoms with Crippen molar-refractivity contribution in [2.75, 3.05) is 0 Å². The lowest BCUT2D eigenvalue weighted by atomic mass is 9.76. The van der Waals surface area contributed by atoms with Gasteiger partial charge in [0, 0.05) is 54.6 Å². The van der Waals surface area contributed by atoms with Crippen molar-refractivity contribution in [3.05, 3.63) is 172 Å². The van der Waals surface area contributed by atoms with Crippen LogP contribution in [-0.4, -0.2) is 16.2 Å². The molecule has 3 atom stereocenters. The monoisotopic (exact) mass is 771 g/mol. The number of pyridine rings is 2. The minimum atomic E-state index is 0.452. The van der Waals surface area contributed by atoms with E-state index in [4.69, 9.17) is 15.0 Å². The Labute approximate surface area is 346 Å². The Morgan fingerprint density at radius 1 is 0.862 bits per heavy atom. The third kappa shape index (κ3) is 6.48. The van der Waals surface area contributed by atoms with Crippen LogP contribution in [0.15, 0.2) is 127 Å². The molecule has 0 amide bonds. The highest BCUT2D eigenvalue weighted by Crippen LogP contribution is 2.44. The third-order valence-electron chi connectivity index (χ3n) is 13.0. The summed E-state index contributed by atoms with van der Waals surface area (Å²) in [6.45, 7) is 8.39. The van der Waals surface area contributed by atoms with Gasteiger partial charge in [-0.2, -0.15) is 0 Å². The highest BCUT2D eigenvalue weighted by Gasteiger charge is 2.29. The molecular formula is C54H49N3S. The molecule has 3 nitrogen and oxygen atoms in total. The summed E-state index contributed by atoms with van der Waals surface area (Å²) in [6, 6.07) is 22.5. The Morgan fingerprint density at radius 3 is 2.64 bits per heavy atom. The highest BCUT2D eigenvalue weighted by molar-refractivity contribution is 7.26. The summed E-state index contributed by atoms with van der Waals surface area (Å²) in [7, 11) is 0. The van der Waals surface area contributed by atoms with E-state index in [2.05, 4.69) is 136 Å². The first-order chi connectivity index (χ1) is 28.6. The number of nitrogens with zero attached hydrogens (tertiary/aromatic N) is 3. The molecule has 58 heavy (non-hydrogen) atoms. The summed E-state index contributed by atoms with van der Waals surface area (Å²) in [5.74, 6) is 1.46. The molecule has 0 bridgehead atoms. The number of fused-ring (bicyclic) bond motifs is 8. The third-order valence-corrected chi connectivity index (χ3v) is 14.2. The number of aryl methyl sites for hydroxylation is 2. The summed E-state index contributed by atoms with van der Waals surface area (Å²) in [6.07, 6.45) is 35.6. The van der Waals surface area contributed by atoms with Crippen LogP contribution in [0.3, 0.4) is 0 Å². The molecule has 4 heterocycles. The van der Waals surface area contributed by atoms with Gasteiger partial charge >= 0.3 is 0 Å². The highest BCUT2D eigenvalue weighted by atomic mass is 32.1. The Bertz CT molecular complexity index is 2850. The molecule has 0 fully saturated rings. The number of thiophene rings is 1. The molecule has 0 saturated heterocycles. The number of rotatable bonds is 9. The fraction of sp³-hybridized carbons (Fsp3) is 0.241. The van der Waals surface area contributed by atoms with Gasteiger partial charge in [-0.1, -0.05) is 123 Å². The first-order valence-electron chi connectivity index (χ1n) is 21.2. The molecule has 3 aromatic heterocycles. The maximum atomic E-state index is 5.28. The van der Waals surface area contributed by atoms with Gasteiger partial charge in [-0.05, 0) is 127 Å². The Hall–Kier alpha value is -5.71. The van der Waals surface area contributed by atoms with Crippen LogP contribution >= 0.6 is 11.3 Å². The van der Waals surface area contributed by atoms with Crippen molar-refractivity contribution < 1.29 is 0 Å². The van der Waals surface area contributed by atoms with E-state index < -0.39 is 0 Å². The molecule has 4 heteroatoms. The van der Waals surface area contributed by atoms with Crippen LogP contribution in [0, 0.1) is 24.7 Å². The first-order valence-corrected chi connectivity index (χ1v) is 22.0. The van der Waals surface area contributed by atoms with Crippen LogP contribution in [0.4, 0.5) is 0 Å². The SMILES string of the molecule is C=C/C=C\c1c(C)nc(C2=CCC(C3C=Cc4c(ccc(CC)c4/C=C\CCC4Cc5cccnc5C5=C4CCC=N5)C3)C=C2)c2ccc3c4ccccc4sc3c12.